The SMILES string of the molecule is CC1(C)CCC(N2CCN(CC(=O)[O-])CC2)CC1.[Na+]. The van der Waals surface area contributed by atoms with Gasteiger partial charge in [-0.25, -0.2) is 0 Å². The van der Waals surface area contributed by atoms with Gasteiger partial charge >= 0.3 is 29.6 Å². The Balaban J connectivity index is 0.00000180. The Bertz CT molecular complexity index is 292. The monoisotopic (exact) mass is 276 g/mol. The second-order valence-corrected chi connectivity index (χ2v) is 6.58. The molecule has 0 radical (unpaired) electrons. The van der Waals surface area contributed by atoms with Gasteiger partial charge < -0.3 is 9.90 Å². The number of carbonyl (C=O) groups is 1. The Hall–Kier alpha value is 0.390. The number of nitrogens with zero attached hydrogens (tertiary/aromatic N) is 2. The van der Waals surface area contributed by atoms with Crippen molar-refractivity contribution in [2.45, 2.75) is 45.6 Å². The zero-order valence-electron chi connectivity index (χ0n) is 12.7. The molecule has 0 atom stereocenters. The molecular weight excluding hydrogens is 251 g/mol. The standard InChI is InChI=1S/C14H26N2O2.Na/c1-14(2)5-3-12(4-6-14)16-9-7-15(8-10-16)11-13(17)18;/h12H,3-11H2,1-2H3,(H,17,18);/q;+1/p-1. The van der Waals surface area contributed by atoms with Crippen molar-refractivity contribution in [2.24, 2.45) is 5.41 Å². The van der Waals surface area contributed by atoms with Crippen LogP contribution in [0.4, 0.5) is 0 Å². The van der Waals surface area contributed by atoms with Gasteiger partial charge in [0.2, 0.25) is 0 Å². The Labute approximate surface area is 138 Å². The zero-order valence-corrected chi connectivity index (χ0v) is 14.7. The Morgan fingerprint density at radius 2 is 1.68 bits per heavy atom. The predicted octanol–water partition coefficient (Wildman–Crippen LogP) is -2.67. The molecule has 2 aliphatic rings. The minimum Gasteiger partial charge on any atom is -0.549 e. The molecule has 0 N–H and O–H groups in total. The van der Waals surface area contributed by atoms with E-state index in [2.05, 4.69) is 18.7 Å². The third-order valence-electron chi connectivity index (χ3n) is 4.58. The summed E-state index contributed by atoms with van der Waals surface area (Å²) in [4.78, 5) is 15.1. The van der Waals surface area contributed by atoms with Crippen LogP contribution >= 0.6 is 0 Å². The molecule has 2 rings (SSSR count). The molecule has 1 saturated carbocycles. The second kappa shape index (κ2) is 7.41. The summed E-state index contributed by atoms with van der Waals surface area (Å²) in [5, 5.41) is 10.6. The summed E-state index contributed by atoms with van der Waals surface area (Å²) in [5.74, 6) is -0.956. The Kier molecular flexibility index (Phi) is 6.81. The van der Waals surface area contributed by atoms with E-state index in [0.29, 0.717) is 5.41 Å². The van der Waals surface area contributed by atoms with Gasteiger partial charge in [0.25, 0.3) is 0 Å². The van der Waals surface area contributed by atoms with E-state index in [1.165, 1.54) is 25.7 Å². The zero-order chi connectivity index (χ0) is 13.2. The van der Waals surface area contributed by atoms with Crippen molar-refractivity contribution >= 4 is 5.97 Å². The second-order valence-electron chi connectivity index (χ2n) is 6.58. The topological polar surface area (TPSA) is 46.6 Å². The average Bonchev–Trinajstić information content (AvgIpc) is 2.30. The normalized spacial score (nSPS) is 25.8. The van der Waals surface area contributed by atoms with Crippen LogP contribution in [-0.4, -0.2) is 54.5 Å². The van der Waals surface area contributed by atoms with Crippen LogP contribution in [0.15, 0.2) is 0 Å². The molecule has 0 aromatic rings. The third-order valence-corrected chi connectivity index (χ3v) is 4.58. The molecule has 1 saturated heterocycles. The first-order valence-electron chi connectivity index (χ1n) is 7.12. The van der Waals surface area contributed by atoms with E-state index in [4.69, 9.17) is 0 Å². The molecule has 0 bridgehead atoms. The first-order valence-corrected chi connectivity index (χ1v) is 7.12. The maximum Gasteiger partial charge on any atom is 1.00 e. The van der Waals surface area contributed by atoms with Crippen LogP contribution in [0, 0.1) is 5.41 Å². The van der Waals surface area contributed by atoms with Gasteiger partial charge in [0.05, 0.1) is 5.97 Å². The number of hydrogen-bond donors (Lipinski definition) is 0. The summed E-state index contributed by atoms with van der Waals surface area (Å²) in [6, 6.07) is 0.725. The molecular formula is C14H25N2NaO2. The number of hydrogen-bond acceptors (Lipinski definition) is 4. The number of piperazine rings is 1. The minimum atomic E-state index is -0.956. The fraction of sp³-hybridized carbons (Fsp3) is 0.929. The van der Waals surface area contributed by atoms with Crippen molar-refractivity contribution in [1.29, 1.82) is 0 Å². The summed E-state index contributed by atoms with van der Waals surface area (Å²) in [7, 11) is 0. The van der Waals surface area contributed by atoms with Crippen molar-refractivity contribution in [3.8, 4) is 0 Å². The minimum absolute atomic E-state index is 0. The molecule has 1 aliphatic carbocycles. The van der Waals surface area contributed by atoms with Crippen LogP contribution < -0.4 is 34.7 Å². The maximum atomic E-state index is 10.6. The molecule has 2 fully saturated rings. The number of carbonyl (C=O) groups excluding carboxylic acids is 1. The van der Waals surface area contributed by atoms with Gasteiger partial charge in [-0.2, -0.15) is 0 Å². The van der Waals surface area contributed by atoms with Crippen molar-refractivity contribution < 1.29 is 39.5 Å². The van der Waals surface area contributed by atoms with Gasteiger partial charge in [0.15, 0.2) is 0 Å². The Morgan fingerprint density at radius 1 is 1.16 bits per heavy atom. The number of carboxylic acids is 1. The average molecular weight is 276 g/mol. The van der Waals surface area contributed by atoms with E-state index in [9.17, 15) is 9.90 Å². The van der Waals surface area contributed by atoms with Crippen molar-refractivity contribution in [2.75, 3.05) is 32.7 Å². The molecule has 0 aromatic heterocycles. The quantitative estimate of drug-likeness (QED) is 0.527. The number of rotatable bonds is 3. The van der Waals surface area contributed by atoms with Crippen LogP contribution in [0.3, 0.4) is 0 Å². The third kappa shape index (κ3) is 5.35. The van der Waals surface area contributed by atoms with Crippen LogP contribution in [0.25, 0.3) is 0 Å². The molecule has 0 spiro atoms. The van der Waals surface area contributed by atoms with Crippen molar-refractivity contribution in [3.05, 3.63) is 0 Å². The predicted molar refractivity (Wildman–Crippen MR) is 69.1 cm³/mol. The van der Waals surface area contributed by atoms with Gasteiger partial charge in [0, 0.05) is 38.8 Å². The van der Waals surface area contributed by atoms with Crippen LogP contribution in [0.2, 0.25) is 0 Å². The molecule has 5 heteroatoms. The smallest absolute Gasteiger partial charge is 0.549 e. The van der Waals surface area contributed by atoms with Crippen LogP contribution in [0.1, 0.15) is 39.5 Å². The van der Waals surface area contributed by atoms with Gasteiger partial charge in [0.1, 0.15) is 0 Å². The molecule has 104 valence electrons. The summed E-state index contributed by atoms with van der Waals surface area (Å²) < 4.78 is 0. The van der Waals surface area contributed by atoms with Gasteiger partial charge in [-0.3, -0.25) is 9.80 Å². The summed E-state index contributed by atoms with van der Waals surface area (Å²) in [6.07, 6.45) is 5.23. The summed E-state index contributed by atoms with van der Waals surface area (Å²) in [5.41, 5.74) is 0.521. The van der Waals surface area contributed by atoms with E-state index >= 15 is 0 Å². The van der Waals surface area contributed by atoms with E-state index in [-0.39, 0.29) is 36.1 Å². The first kappa shape index (κ1) is 17.4. The fourth-order valence-corrected chi connectivity index (χ4v) is 3.22. The number of aliphatic carboxylic acids is 1. The molecule has 0 aromatic carbocycles. The van der Waals surface area contributed by atoms with Crippen LogP contribution in [0.5, 0.6) is 0 Å². The van der Waals surface area contributed by atoms with Crippen LogP contribution in [-0.2, 0) is 4.79 Å². The van der Waals surface area contributed by atoms with E-state index in [0.717, 1.165) is 32.2 Å². The van der Waals surface area contributed by atoms with Crippen molar-refractivity contribution in [3.63, 3.8) is 0 Å². The summed E-state index contributed by atoms with van der Waals surface area (Å²) in [6.45, 7) is 8.58. The molecule has 1 aliphatic heterocycles. The van der Waals surface area contributed by atoms with E-state index < -0.39 is 5.97 Å². The van der Waals surface area contributed by atoms with E-state index in [1.54, 1.807) is 0 Å². The molecule has 0 unspecified atom stereocenters. The number of carboxylic acid groups (broad SMARTS) is 1. The molecule has 0 amide bonds. The first-order chi connectivity index (χ1) is 8.46. The fourth-order valence-electron chi connectivity index (χ4n) is 3.22. The van der Waals surface area contributed by atoms with E-state index in [1.807, 2.05) is 4.90 Å². The van der Waals surface area contributed by atoms with Crippen molar-refractivity contribution in [1.82, 2.24) is 9.80 Å². The largest absolute Gasteiger partial charge is 1.00 e. The van der Waals surface area contributed by atoms with Gasteiger partial charge in [-0.05, 0) is 31.1 Å². The Morgan fingerprint density at radius 3 is 2.16 bits per heavy atom. The molecule has 1 heterocycles. The molecule has 19 heavy (non-hydrogen) atoms. The van der Waals surface area contributed by atoms with Gasteiger partial charge in [-0.1, -0.05) is 13.8 Å². The molecule has 4 nitrogen and oxygen atoms in total. The summed E-state index contributed by atoms with van der Waals surface area (Å²) >= 11 is 0. The maximum absolute atomic E-state index is 10.6. The van der Waals surface area contributed by atoms with Gasteiger partial charge in [-0.15, -0.1) is 0 Å².